The Morgan fingerprint density at radius 2 is 2.22 bits per heavy atom. The molecule has 0 aromatic carbocycles. The maximum atomic E-state index is 4.23. The van der Waals surface area contributed by atoms with E-state index in [9.17, 15) is 0 Å². The summed E-state index contributed by atoms with van der Waals surface area (Å²) in [5, 5.41) is 9.78. The summed E-state index contributed by atoms with van der Waals surface area (Å²) in [6.07, 6.45) is 1.58. The molecule has 0 spiro atoms. The second-order valence-electron chi connectivity index (χ2n) is 4.33. The molecule has 0 aliphatic rings. The summed E-state index contributed by atoms with van der Waals surface area (Å²) in [7, 11) is 0. The second kappa shape index (κ2) is 4.42. The van der Waals surface area contributed by atoms with Gasteiger partial charge in [-0.05, 0) is 48.6 Å². The average Bonchev–Trinajstić information content (AvgIpc) is 2.94. The normalized spacial score (nSPS) is 11.0. The van der Waals surface area contributed by atoms with Crippen molar-refractivity contribution in [3.63, 3.8) is 0 Å². The van der Waals surface area contributed by atoms with Gasteiger partial charge in [0.2, 0.25) is 0 Å². The SMILES string of the molecule is Cc1cc(NCc2sccc2C)n2ncnc2c1. The first-order chi connectivity index (χ1) is 8.74. The van der Waals surface area contributed by atoms with Crippen LogP contribution in [-0.4, -0.2) is 14.6 Å². The molecule has 0 radical (unpaired) electrons. The summed E-state index contributed by atoms with van der Waals surface area (Å²) >= 11 is 1.77. The lowest BCUT2D eigenvalue weighted by Gasteiger charge is -2.08. The Morgan fingerprint density at radius 1 is 1.33 bits per heavy atom. The number of rotatable bonds is 3. The predicted octanol–water partition coefficient (Wildman–Crippen LogP) is 3.02. The number of nitrogens with one attached hydrogen (secondary N) is 1. The van der Waals surface area contributed by atoms with Crippen LogP contribution in [0.25, 0.3) is 5.65 Å². The van der Waals surface area contributed by atoms with Gasteiger partial charge in [-0.25, -0.2) is 4.98 Å². The molecule has 0 atom stereocenters. The molecule has 0 saturated carbocycles. The van der Waals surface area contributed by atoms with Crippen LogP contribution in [0.5, 0.6) is 0 Å². The Labute approximate surface area is 109 Å². The molecule has 0 unspecified atom stereocenters. The Bertz CT molecular complexity index is 683. The lowest BCUT2D eigenvalue weighted by molar-refractivity contribution is 0.943. The third kappa shape index (κ3) is 1.97. The molecule has 3 aromatic rings. The number of aromatic nitrogens is 3. The van der Waals surface area contributed by atoms with Crippen LogP contribution in [0.1, 0.15) is 16.0 Å². The van der Waals surface area contributed by atoms with E-state index in [0.717, 1.165) is 18.0 Å². The zero-order valence-electron chi connectivity index (χ0n) is 10.3. The molecule has 18 heavy (non-hydrogen) atoms. The Balaban J connectivity index is 1.90. The quantitative estimate of drug-likeness (QED) is 0.785. The molecule has 0 saturated heterocycles. The van der Waals surface area contributed by atoms with E-state index in [1.807, 2.05) is 10.6 Å². The van der Waals surface area contributed by atoms with E-state index in [0.29, 0.717) is 0 Å². The summed E-state index contributed by atoms with van der Waals surface area (Å²) in [5.41, 5.74) is 3.39. The van der Waals surface area contributed by atoms with Gasteiger partial charge in [-0.1, -0.05) is 0 Å². The maximum Gasteiger partial charge on any atom is 0.157 e. The summed E-state index contributed by atoms with van der Waals surface area (Å²) in [4.78, 5) is 5.57. The molecule has 0 fully saturated rings. The van der Waals surface area contributed by atoms with Gasteiger partial charge in [-0.15, -0.1) is 11.3 Å². The van der Waals surface area contributed by atoms with Crippen LogP contribution >= 0.6 is 11.3 Å². The number of pyridine rings is 1. The summed E-state index contributed by atoms with van der Waals surface area (Å²) in [5.74, 6) is 0.982. The summed E-state index contributed by atoms with van der Waals surface area (Å²) in [6, 6.07) is 6.25. The van der Waals surface area contributed by atoms with Crippen molar-refractivity contribution in [1.29, 1.82) is 0 Å². The molecular formula is C13H14N4S. The van der Waals surface area contributed by atoms with Crippen LogP contribution in [0.2, 0.25) is 0 Å². The number of anilines is 1. The van der Waals surface area contributed by atoms with Crippen LogP contribution in [0.3, 0.4) is 0 Å². The van der Waals surface area contributed by atoms with Crippen LogP contribution in [0.15, 0.2) is 29.9 Å². The number of thiophene rings is 1. The minimum atomic E-state index is 0.821. The highest BCUT2D eigenvalue weighted by Crippen LogP contribution is 2.19. The first-order valence-electron chi connectivity index (χ1n) is 5.81. The Hall–Kier alpha value is -1.88. The van der Waals surface area contributed by atoms with Crippen molar-refractivity contribution in [1.82, 2.24) is 14.6 Å². The number of hydrogen-bond acceptors (Lipinski definition) is 4. The summed E-state index contributed by atoms with van der Waals surface area (Å²) in [6.45, 7) is 5.02. The third-order valence-corrected chi connectivity index (χ3v) is 3.94. The molecule has 3 rings (SSSR count). The van der Waals surface area contributed by atoms with E-state index < -0.39 is 0 Å². The fraction of sp³-hybridized carbons (Fsp3) is 0.231. The lowest BCUT2D eigenvalue weighted by Crippen LogP contribution is -2.05. The van der Waals surface area contributed by atoms with Gasteiger partial charge in [0.05, 0.1) is 6.54 Å². The number of nitrogens with zero attached hydrogens (tertiary/aromatic N) is 3. The third-order valence-electron chi connectivity index (χ3n) is 2.92. The average molecular weight is 258 g/mol. The second-order valence-corrected chi connectivity index (χ2v) is 5.33. The molecule has 0 amide bonds. The first kappa shape index (κ1) is 11.2. The lowest BCUT2D eigenvalue weighted by atomic mass is 10.2. The molecule has 0 bridgehead atoms. The number of aryl methyl sites for hydroxylation is 2. The van der Waals surface area contributed by atoms with Gasteiger partial charge in [0.1, 0.15) is 12.1 Å². The minimum absolute atomic E-state index is 0.821. The van der Waals surface area contributed by atoms with Gasteiger partial charge in [0, 0.05) is 4.88 Å². The van der Waals surface area contributed by atoms with Crippen molar-refractivity contribution in [3.8, 4) is 0 Å². The molecule has 3 aromatic heterocycles. The topological polar surface area (TPSA) is 42.2 Å². The smallest absolute Gasteiger partial charge is 0.157 e. The molecular weight excluding hydrogens is 244 g/mol. The van der Waals surface area contributed by atoms with Crippen molar-refractivity contribution >= 4 is 22.8 Å². The monoisotopic (exact) mass is 258 g/mol. The zero-order valence-corrected chi connectivity index (χ0v) is 11.2. The molecule has 0 aliphatic heterocycles. The van der Waals surface area contributed by atoms with Gasteiger partial charge in [-0.3, -0.25) is 0 Å². The van der Waals surface area contributed by atoms with Crippen LogP contribution in [-0.2, 0) is 6.54 Å². The van der Waals surface area contributed by atoms with Crippen molar-refractivity contribution in [2.24, 2.45) is 0 Å². The van der Waals surface area contributed by atoms with Crippen molar-refractivity contribution in [2.45, 2.75) is 20.4 Å². The molecule has 3 heterocycles. The first-order valence-corrected chi connectivity index (χ1v) is 6.69. The van der Waals surface area contributed by atoms with E-state index in [4.69, 9.17) is 0 Å². The molecule has 1 N–H and O–H groups in total. The van der Waals surface area contributed by atoms with Gasteiger partial charge >= 0.3 is 0 Å². The van der Waals surface area contributed by atoms with E-state index in [2.05, 4.69) is 46.8 Å². The largest absolute Gasteiger partial charge is 0.365 e. The number of hydrogen-bond donors (Lipinski definition) is 1. The van der Waals surface area contributed by atoms with Gasteiger partial charge in [0.25, 0.3) is 0 Å². The highest BCUT2D eigenvalue weighted by atomic mass is 32.1. The minimum Gasteiger partial charge on any atom is -0.365 e. The fourth-order valence-electron chi connectivity index (χ4n) is 1.94. The van der Waals surface area contributed by atoms with Gasteiger partial charge < -0.3 is 5.32 Å². The van der Waals surface area contributed by atoms with E-state index in [1.165, 1.54) is 16.0 Å². The standard InChI is InChI=1S/C13H14N4S/c1-9-5-12(17-13(6-9)15-8-16-17)14-7-11-10(2)3-4-18-11/h3-6,8,14H,7H2,1-2H3. The van der Waals surface area contributed by atoms with Gasteiger partial charge in [-0.2, -0.15) is 9.61 Å². The summed E-state index contributed by atoms with van der Waals surface area (Å²) < 4.78 is 1.83. The zero-order chi connectivity index (χ0) is 12.5. The van der Waals surface area contributed by atoms with Crippen molar-refractivity contribution in [3.05, 3.63) is 45.9 Å². The van der Waals surface area contributed by atoms with E-state index in [1.54, 1.807) is 17.7 Å². The maximum absolute atomic E-state index is 4.23. The molecule has 4 nitrogen and oxygen atoms in total. The fourth-order valence-corrected chi connectivity index (χ4v) is 2.78. The highest BCUT2D eigenvalue weighted by molar-refractivity contribution is 7.10. The van der Waals surface area contributed by atoms with E-state index >= 15 is 0 Å². The highest BCUT2D eigenvalue weighted by Gasteiger charge is 2.05. The van der Waals surface area contributed by atoms with Crippen molar-refractivity contribution in [2.75, 3.05) is 5.32 Å². The molecule has 92 valence electrons. The Morgan fingerprint density at radius 3 is 3.00 bits per heavy atom. The van der Waals surface area contributed by atoms with Crippen LogP contribution < -0.4 is 5.32 Å². The number of fused-ring (bicyclic) bond motifs is 1. The predicted molar refractivity (Wildman–Crippen MR) is 74.1 cm³/mol. The Kier molecular flexibility index (Phi) is 2.76. The van der Waals surface area contributed by atoms with E-state index in [-0.39, 0.29) is 0 Å². The molecule has 5 heteroatoms. The molecule has 0 aliphatic carbocycles. The van der Waals surface area contributed by atoms with Gasteiger partial charge in [0.15, 0.2) is 5.65 Å². The van der Waals surface area contributed by atoms with Crippen LogP contribution in [0.4, 0.5) is 5.82 Å². The van der Waals surface area contributed by atoms with Crippen LogP contribution in [0, 0.1) is 13.8 Å². The van der Waals surface area contributed by atoms with Crippen molar-refractivity contribution < 1.29 is 0 Å².